The molecule has 0 atom stereocenters. The maximum Gasteiger partial charge on any atom is 0.341 e. The Balaban J connectivity index is 3.09. The van der Waals surface area contributed by atoms with E-state index in [0.29, 0.717) is 6.42 Å². The Kier molecular flexibility index (Phi) is 5.43. The molecular weight excluding hydrogens is 298 g/mol. The van der Waals surface area contributed by atoms with Crippen molar-refractivity contribution >= 4 is 43.9 Å². The van der Waals surface area contributed by atoms with Crippen molar-refractivity contribution in [1.29, 1.82) is 0 Å². The lowest BCUT2D eigenvalue weighted by atomic mass is 10.2. The summed E-state index contributed by atoms with van der Waals surface area (Å²) in [7, 11) is -3.62. The van der Waals surface area contributed by atoms with Crippen LogP contribution in [-0.4, -0.2) is 26.2 Å². The van der Waals surface area contributed by atoms with Gasteiger partial charge in [0.1, 0.15) is 10.2 Å². The normalized spacial score (nSPS) is 11.3. The van der Waals surface area contributed by atoms with E-state index in [2.05, 4.69) is 4.72 Å². The molecule has 0 radical (unpaired) electrons. The van der Waals surface area contributed by atoms with Gasteiger partial charge in [-0.25, -0.2) is 13.2 Å². The average Bonchev–Trinajstić information content (AvgIpc) is 2.72. The van der Waals surface area contributed by atoms with Crippen LogP contribution in [0.5, 0.6) is 0 Å². The van der Waals surface area contributed by atoms with Crippen molar-refractivity contribution in [2.75, 3.05) is 16.5 Å². The standard InChI is InChI=1S/C10H14ClNO4S2/c1-3-7-5-8(10(13)16-4-2)9(17-7)12-18(14,15)6-11/h5,12H,3-4,6H2,1-2H3. The van der Waals surface area contributed by atoms with E-state index in [9.17, 15) is 13.2 Å². The van der Waals surface area contributed by atoms with Gasteiger partial charge in [0.2, 0.25) is 10.0 Å². The van der Waals surface area contributed by atoms with E-state index in [1.165, 1.54) is 11.3 Å². The molecule has 102 valence electrons. The zero-order valence-corrected chi connectivity index (χ0v) is 12.4. The number of aryl methyl sites for hydroxylation is 1. The number of rotatable bonds is 6. The number of nitrogens with one attached hydrogen (secondary N) is 1. The number of halogens is 1. The Morgan fingerprint density at radius 1 is 1.50 bits per heavy atom. The number of carbonyl (C=O) groups excluding carboxylic acids is 1. The lowest BCUT2D eigenvalue weighted by Gasteiger charge is -2.05. The fourth-order valence-corrected chi connectivity index (χ4v) is 3.21. The molecule has 1 heterocycles. The fourth-order valence-electron chi connectivity index (χ4n) is 1.22. The number of anilines is 1. The van der Waals surface area contributed by atoms with Crippen LogP contribution in [-0.2, 0) is 21.2 Å². The number of esters is 1. The van der Waals surface area contributed by atoms with Crippen LogP contribution in [0.4, 0.5) is 5.00 Å². The van der Waals surface area contributed by atoms with Crippen LogP contribution in [0, 0.1) is 0 Å². The molecule has 0 aliphatic rings. The summed E-state index contributed by atoms with van der Waals surface area (Å²) in [4.78, 5) is 12.6. The van der Waals surface area contributed by atoms with Crippen LogP contribution in [0.15, 0.2) is 6.07 Å². The van der Waals surface area contributed by atoms with Crippen molar-refractivity contribution in [3.63, 3.8) is 0 Å². The van der Waals surface area contributed by atoms with E-state index in [4.69, 9.17) is 16.3 Å². The van der Waals surface area contributed by atoms with Crippen LogP contribution in [0.1, 0.15) is 29.1 Å². The largest absolute Gasteiger partial charge is 0.462 e. The molecule has 0 fully saturated rings. The van der Waals surface area contributed by atoms with Gasteiger partial charge in [-0.15, -0.1) is 22.9 Å². The summed E-state index contributed by atoms with van der Waals surface area (Å²) in [6, 6.07) is 1.63. The number of hydrogen-bond donors (Lipinski definition) is 1. The van der Waals surface area contributed by atoms with E-state index in [1.807, 2.05) is 6.92 Å². The van der Waals surface area contributed by atoms with Gasteiger partial charge in [0.25, 0.3) is 0 Å². The van der Waals surface area contributed by atoms with Crippen molar-refractivity contribution in [2.45, 2.75) is 20.3 Å². The SMILES string of the molecule is CCOC(=O)c1cc(CC)sc1NS(=O)(=O)CCl. The minimum Gasteiger partial charge on any atom is -0.462 e. The minimum atomic E-state index is -3.62. The van der Waals surface area contributed by atoms with Gasteiger partial charge in [-0.05, 0) is 19.4 Å². The zero-order chi connectivity index (χ0) is 13.8. The predicted octanol–water partition coefficient (Wildman–Crippen LogP) is 2.43. The topological polar surface area (TPSA) is 72.5 Å². The van der Waals surface area contributed by atoms with Crippen LogP contribution in [0.3, 0.4) is 0 Å². The molecule has 8 heteroatoms. The second-order valence-corrected chi connectivity index (χ2v) is 6.80. The van der Waals surface area contributed by atoms with Crippen molar-refractivity contribution in [3.05, 3.63) is 16.5 Å². The maximum atomic E-state index is 11.7. The summed E-state index contributed by atoms with van der Waals surface area (Å²) in [5, 5.41) is -0.305. The maximum absolute atomic E-state index is 11.7. The van der Waals surface area contributed by atoms with Gasteiger partial charge in [0.15, 0.2) is 0 Å². The molecular formula is C10H14ClNO4S2. The average molecular weight is 312 g/mol. The lowest BCUT2D eigenvalue weighted by molar-refractivity contribution is 0.0528. The van der Waals surface area contributed by atoms with Crippen LogP contribution in [0.2, 0.25) is 0 Å². The highest BCUT2D eigenvalue weighted by Gasteiger charge is 2.20. The van der Waals surface area contributed by atoms with E-state index in [0.717, 1.165) is 4.88 Å². The molecule has 0 bridgehead atoms. The molecule has 0 aliphatic heterocycles. The Morgan fingerprint density at radius 2 is 2.17 bits per heavy atom. The molecule has 1 rings (SSSR count). The third-order valence-electron chi connectivity index (χ3n) is 2.02. The number of alkyl halides is 1. The Labute approximate surface area is 115 Å². The molecule has 0 spiro atoms. The van der Waals surface area contributed by atoms with Gasteiger partial charge in [0, 0.05) is 4.88 Å². The molecule has 1 aromatic heterocycles. The van der Waals surface area contributed by atoms with E-state index < -0.39 is 21.2 Å². The number of carbonyl (C=O) groups is 1. The van der Waals surface area contributed by atoms with Gasteiger partial charge in [-0.2, -0.15) is 0 Å². The van der Waals surface area contributed by atoms with Gasteiger partial charge in [0.05, 0.1) is 12.2 Å². The summed E-state index contributed by atoms with van der Waals surface area (Å²) in [6.45, 7) is 3.84. The molecule has 0 saturated heterocycles. The lowest BCUT2D eigenvalue weighted by Crippen LogP contribution is -2.15. The van der Waals surface area contributed by atoms with Crippen molar-refractivity contribution in [3.8, 4) is 0 Å². The smallest absolute Gasteiger partial charge is 0.341 e. The second-order valence-electron chi connectivity index (χ2n) is 3.36. The predicted molar refractivity (Wildman–Crippen MR) is 72.9 cm³/mol. The monoisotopic (exact) mass is 311 g/mol. The number of ether oxygens (including phenoxy) is 1. The first-order chi connectivity index (χ1) is 8.43. The minimum absolute atomic E-state index is 0.229. The third-order valence-corrected chi connectivity index (χ3v) is 5.01. The van der Waals surface area contributed by atoms with Gasteiger partial charge >= 0.3 is 5.97 Å². The molecule has 0 unspecified atom stereocenters. The van der Waals surface area contributed by atoms with E-state index in [1.54, 1.807) is 13.0 Å². The summed E-state index contributed by atoms with van der Waals surface area (Å²) in [6.07, 6.45) is 0.708. The molecule has 0 aliphatic carbocycles. The molecule has 1 N–H and O–H groups in total. The first-order valence-electron chi connectivity index (χ1n) is 5.29. The highest BCUT2D eigenvalue weighted by Crippen LogP contribution is 2.30. The van der Waals surface area contributed by atoms with Crippen LogP contribution < -0.4 is 4.72 Å². The Bertz CT molecular complexity index is 524. The van der Waals surface area contributed by atoms with E-state index in [-0.39, 0.29) is 17.2 Å². The second kappa shape index (κ2) is 6.40. The summed E-state index contributed by atoms with van der Waals surface area (Å²) < 4.78 is 30.0. The molecule has 0 amide bonds. The third kappa shape index (κ3) is 3.86. The molecule has 18 heavy (non-hydrogen) atoms. The summed E-state index contributed by atoms with van der Waals surface area (Å²) >= 11 is 6.52. The first kappa shape index (κ1) is 15.3. The zero-order valence-electron chi connectivity index (χ0n) is 10.0. The number of thiophene rings is 1. The Morgan fingerprint density at radius 3 is 2.67 bits per heavy atom. The highest BCUT2D eigenvalue weighted by molar-refractivity contribution is 7.94. The van der Waals surface area contributed by atoms with Gasteiger partial charge in [-0.3, -0.25) is 4.72 Å². The van der Waals surface area contributed by atoms with Crippen molar-refractivity contribution in [2.24, 2.45) is 0 Å². The number of sulfonamides is 1. The van der Waals surface area contributed by atoms with Crippen LogP contribution in [0.25, 0.3) is 0 Å². The van der Waals surface area contributed by atoms with Gasteiger partial charge < -0.3 is 4.74 Å². The van der Waals surface area contributed by atoms with Crippen LogP contribution >= 0.6 is 22.9 Å². The quantitative estimate of drug-likeness (QED) is 0.647. The molecule has 0 saturated carbocycles. The van der Waals surface area contributed by atoms with Crippen molar-refractivity contribution in [1.82, 2.24) is 0 Å². The Hall–Kier alpha value is -0.790. The fraction of sp³-hybridized carbons (Fsp3) is 0.500. The van der Waals surface area contributed by atoms with Gasteiger partial charge in [-0.1, -0.05) is 6.92 Å². The summed E-state index contributed by atoms with van der Waals surface area (Å²) in [5.41, 5.74) is 0.229. The summed E-state index contributed by atoms with van der Waals surface area (Å²) in [5.74, 6) is -0.541. The molecule has 0 aromatic carbocycles. The molecule has 1 aromatic rings. The van der Waals surface area contributed by atoms with E-state index >= 15 is 0 Å². The highest BCUT2D eigenvalue weighted by atomic mass is 35.5. The van der Waals surface area contributed by atoms with Crippen molar-refractivity contribution < 1.29 is 17.9 Å². The molecule has 5 nitrogen and oxygen atoms in total. The first-order valence-corrected chi connectivity index (χ1v) is 8.30. The number of hydrogen-bond acceptors (Lipinski definition) is 5.